The Labute approximate surface area is 138 Å². The van der Waals surface area contributed by atoms with E-state index in [-0.39, 0.29) is 5.41 Å². The third kappa shape index (κ3) is 3.66. The van der Waals surface area contributed by atoms with Gasteiger partial charge in [-0.25, -0.2) is 4.98 Å². The van der Waals surface area contributed by atoms with Crippen LogP contribution in [0.3, 0.4) is 0 Å². The summed E-state index contributed by atoms with van der Waals surface area (Å²) in [5.74, 6) is 1.79. The topological polar surface area (TPSA) is 47.1 Å². The highest BCUT2D eigenvalue weighted by molar-refractivity contribution is 5.08. The van der Waals surface area contributed by atoms with E-state index in [1.165, 1.54) is 18.5 Å². The maximum Gasteiger partial charge on any atom is 0.208 e. The molecular formula is C18H28N4O. The molecule has 5 nitrogen and oxygen atoms in total. The lowest BCUT2D eigenvalue weighted by molar-refractivity contribution is 0.195. The van der Waals surface area contributed by atoms with Gasteiger partial charge in [0.25, 0.3) is 0 Å². The second-order valence-corrected chi connectivity index (χ2v) is 7.74. The van der Waals surface area contributed by atoms with Crippen LogP contribution in [0.2, 0.25) is 0 Å². The van der Waals surface area contributed by atoms with Crippen molar-refractivity contribution in [2.75, 3.05) is 6.54 Å². The molecule has 0 N–H and O–H groups in total. The largest absolute Gasteiger partial charge is 0.444 e. The molecule has 3 heterocycles. The van der Waals surface area contributed by atoms with Crippen molar-refractivity contribution in [2.45, 2.75) is 72.0 Å². The average Bonchev–Trinajstić information content (AvgIpc) is 3.13. The molecule has 0 amide bonds. The number of oxazole rings is 1. The molecule has 0 saturated carbocycles. The summed E-state index contributed by atoms with van der Waals surface area (Å²) in [6, 6.07) is 2.65. The van der Waals surface area contributed by atoms with Crippen LogP contribution in [0.4, 0.5) is 0 Å². The number of aromatic nitrogens is 3. The third-order valence-corrected chi connectivity index (χ3v) is 4.62. The fraction of sp³-hybridized carbons (Fsp3) is 0.667. The molecule has 5 heteroatoms. The molecule has 23 heavy (non-hydrogen) atoms. The Hall–Kier alpha value is -1.62. The second kappa shape index (κ2) is 6.11. The van der Waals surface area contributed by atoms with Crippen molar-refractivity contribution in [2.24, 2.45) is 0 Å². The molecule has 0 bridgehead atoms. The molecule has 126 valence electrons. The van der Waals surface area contributed by atoms with Gasteiger partial charge in [0.2, 0.25) is 5.89 Å². The average molecular weight is 316 g/mol. The molecule has 1 aliphatic heterocycles. The van der Waals surface area contributed by atoms with E-state index in [9.17, 15) is 0 Å². The molecule has 1 aliphatic rings. The maximum absolute atomic E-state index is 5.96. The number of rotatable bonds is 4. The predicted molar refractivity (Wildman–Crippen MR) is 90.3 cm³/mol. The van der Waals surface area contributed by atoms with Gasteiger partial charge >= 0.3 is 0 Å². The SMILES string of the molecule is Cc1cc(C)n(C[C@H]2CCCN2Cc2ncc(C(C)(C)C)o2)n1. The maximum atomic E-state index is 5.96. The lowest BCUT2D eigenvalue weighted by Crippen LogP contribution is -2.33. The highest BCUT2D eigenvalue weighted by atomic mass is 16.4. The van der Waals surface area contributed by atoms with Crippen LogP contribution in [0.15, 0.2) is 16.7 Å². The Morgan fingerprint density at radius 2 is 2.09 bits per heavy atom. The monoisotopic (exact) mass is 316 g/mol. The molecule has 1 atom stereocenters. The van der Waals surface area contributed by atoms with Crippen molar-refractivity contribution in [1.29, 1.82) is 0 Å². The highest BCUT2D eigenvalue weighted by Crippen LogP contribution is 2.25. The second-order valence-electron chi connectivity index (χ2n) is 7.74. The van der Waals surface area contributed by atoms with Crippen molar-refractivity contribution < 1.29 is 4.42 Å². The van der Waals surface area contributed by atoms with Crippen LogP contribution in [0.5, 0.6) is 0 Å². The lowest BCUT2D eigenvalue weighted by atomic mass is 9.94. The van der Waals surface area contributed by atoms with Gasteiger partial charge in [0, 0.05) is 17.2 Å². The van der Waals surface area contributed by atoms with Crippen molar-refractivity contribution in [3.63, 3.8) is 0 Å². The summed E-state index contributed by atoms with van der Waals surface area (Å²) in [5.41, 5.74) is 2.34. The number of hydrogen-bond donors (Lipinski definition) is 0. The van der Waals surface area contributed by atoms with E-state index in [0.717, 1.165) is 37.0 Å². The van der Waals surface area contributed by atoms with Gasteiger partial charge in [-0.15, -0.1) is 0 Å². The quantitative estimate of drug-likeness (QED) is 0.867. The molecule has 1 saturated heterocycles. The Morgan fingerprint density at radius 3 is 2.70 bits per heavy atom. The van der Waals surface area contributed by atoms with Gasteiger partial charge in [-0.1, -0.05) is 20.8 Å². The summed E-state index contributed by atoms with van der Waals surface area (Å²) >= 11 is 0. The van der Waals surface area contributed by atoms with Gasteiger partial charge in [-0.3, -0.25) is 9.58 Å². The molecule has 0 unspecified atom stereocenters. The fourth-order valence-electron chi connectivity index (χ4n) is 3.27. The highest BCUT2D eigenvalue weighted by Gasteiger charge is 2.27. The zero-order valence-corrected chi connectivity index (χ0v) is 15.0. The number of aryl methyl sites for hydroxylation is 2. The van der Waals surface area contributed by atoms with Crippen LogP contribution in [0, 0.1) is 13.8 Å². The number of likely N-dealkylation sites (tertiary alicyclic amines) is 1. The zero-order valence-electron chi connectivity index (χ0n) is 15.0. The van der Waals surface area contributed by atoms with E-state index >= 15 is 0 Å². The van der Waals surface area contributed by atoms with Gasteiger partial charge in [-0.05, 0) is 39.3 Å². The summed E-state index contributed by atoms with van der Waals surface area (Å²) in [5, 5.41) is 4.60. The Kier molecular flexibility index (Phi) is 4.32. The Balaban J connectivity index is 1.67. The molecule has 3 rings (SSSR count). The van der Waals surface area contributed by atoms with Gasteiger partial charge in [0.05, 0.1) is 25.0 Å². The van der Waals surface area contributed by atoms with E-state index < -0.39 is 0 Å². The minimum Gasteiger partial charge on any atom is -0.444 e. The summed E-state index contributed by atoms with van der Waals surface area (Å²) in [7, 11) is 0. The van der Waals surface area contributed by atoms with Crippen LogP contribution in [0.1, 0.15) is 56.7 Å². The molecule has 0 spiro atoms. The van der Waals surface area contributed by atoms with E-state index in [2.05, 4.69) is 60.3 Å². The van der Waals surface area contributed by atoms with E-state index in [0.29, 0.717) is 6.04 Å². The fourth-order valence-corrected chi connectivity index (χ4v) is 3.27. The van der Waals surface area contributed by atoms with Crippen molar-refractivity contribution in [3.8, 4) is 0 Å². The van der Waals surface area contributed by atoms with Crippen LogP contribution in [-0.4, -0.2) is 32.3 Å². The van der Waals surface area contributed by atoms with Crippen LogP contribution in [0.25, 0.3) is 0 Å². The van der Waals surface area contributed by atoms with E-state index in [4.69, 9.17) is 4.42 Å². The van der Waals surface area contributed by atoms with Crippen LogP contribution in [-0.2, 0) is 18.5 Å². The van der Waals surface area contributed by atoms with Gasteiger partial charge in [-0.2, -0.15) is 5.10 Å². The third-order valence-electron chi connectivity index (χ3n) is 4.62. The van der Waals surface area contributed by atoms with Gasteiger partial charge < -0.3 is 4.42 Å². The summed E-state index contributed by atoms with van der Waals surface area (Å²) < 4.78 is 8.09. The molecular weight excluding hydrogens is 288 g/mol. The summed E-state index contributed by atoms with van der Waals surface area (Å²) in [6.45, 7) is 13.5. The van der Waals surface area contributed by atoms with Gasteiger partial charge in [0.15, 0.2) is 0 Å². The first-order chi connectivity index (χ1) is 10.8. The normalized spacial score (nSPS) is 19.6. The number of hydrogen-bond acceptors (Lipinski definition) is 4. The van der Waals surface area contributed by atoms with Crippen molar-refractivity contribution in [1.82, 2.24) is 19.7 Å². The van der Waals surface area contributed by atoms with Gasteiger partial charge in [0.1, 0.15) is 5.76 Å². The first kappa shape index (κ1) is 16.2. The van der Waals surface area contributed by atoms with Crippen LogP contribution < -0.4 is 0 Å². The first-order valence-corrected chi connectivity index (χ1v) is 8.53. The molecule has 0 radical (unpaired) electrons. The zero-order chi connectivity index (χ0) is 16.6. The number of nitrogens with zero attached hydrogens (tertiary/aromatic N) is 4. The molecule has 2 aromatic heterocycles. The molecule has 2 aromatic rings. The van der Waals surface area contributed by atoms with Crippen molar-refractivity contribution in [3.05, 3.63) is 35.3 Å². The molecule has 1 fully saturated rings. The Bertz CT molecular complexity index is 665. The van der Waals surface area contributed by atoms with E-state index in [1.807, 2.05) is 6.20 Å². The lowest BCUT2D eigenvalue weighted by Gasteiger charge is -2.23. The minimum absolute atomic E-state index is 0.0133. The summed E-state index contributed by atoms with van der Waals surface area (Å²) in [4.78, 5) is 6.96. The smallest absolute Gasteiger partial charge is 0.208 e. The van der Waals surface area contributed by atoms with Crippen LogP contribution >= 0.6 is 0 Å². The Morgan fingerprint density at radius 1 is 1.30 bits per heavy atom. The van der Waals surface area contributed by atoms with E-state index in [1.54, 1.807) is 0 Å². The molecule has 0 aromatic carbocycles. The predicted octanol–water partition coefficient (Wildman–Crippen LogP) is 3.45. The molecule has 0 aliphatic carbocycles. The van der Waals surface area contributed by atoms with Crippen molar-refractivity contribution >= 4 is 0 Å². The summed E-state index contributed by atoms with van der Waals surface area (Å²) in [6.07, 6.45) is 4.32. The first-order valence-electron chi connectivity index (χ1n) is 8.53. The standard InChI is InChI=1S/C18H28N4O/c1-13-9-14(2)22(20-13)11-15-7-6-8-21(15)12-17-19-10-16(23-17)18(3,4)5/h9-10,15H,6-8,11-12H2,1-5H3/t15-/m1/s1. The minimum atomic E-state index is 0.0133.